The van der Waals surface area contributed by atoms with E-state index in [9.17, 15) is 14.0 Å². The molecule has 0 spiro atoms. The first-order chi connectivity index (χ1) is 13.9. The van der Waals surface area contributed by atoms with Gasteiger partial charge in [0.1, 0.15) is 5.52 Å². The number of hydrogen-bond donors (Lipinski definition) is 1. The van der Waals surface area contributed by atoms with Gasteiger partial charge in [-0.2, -0.15) is 13.5 Å². The van der Waals surface area contributed by atoms with E-state index in [4.69, 9.17) is 16.0 Å². The van der Waals surface area contributed by atoms with Crippen molar-refractivity contribution in [1.29, 1.82) is 0 Å². The first-order valence-corrected chi connectivity index (χ1v) is 9.23. The summed E-state index contributed by atoms with van der Waals surface area (Å²) in [6.07, 6.45) is 1.47. The number of nitrogens with zero attached hydrogens (tertiary/aromatic N) is 2. The van der Waals surface area contributed by atoms with Gasteiger partial charge in [-0.25, -0.2) is 4.98 Å². The maximum absolute atomic E-state index is 14.5. The number of alkyl halides is 2. The van der Waals surface area contributed by atoms with Gasteiger partial charge >= 0.3 is 5.92 Å². The van der Waals surface area contributed by atoms with Crippen LogP contribution in [-0.4, -0.2) is 11.5 Å². The Kier molecular flexibility index (Phi) is 5.07. The lowest BCUT2D eigenvalue weighted by Crippen LogP contribution is -2.40. The van der Waals surface area contributed by atoms with E-state index in [0.717, 1.165) is 17.8 Å². The number of anilines is 1. The van der Waals surface area contributed by atoms with E-state index in [-0.39, 0.29) is 4.73 Å². The molecule has 2 heterocycles. The Morgan fingerprint density at radius 3 is 2.72 bits per heavy atom. The lowest BCUT2D eigenvalue weighted by atomic mass is 10.1. The highest BCUT2D eigenvalue weighted by Crippen LogP contribution is 2.29. The first kappa shape index (κ1) is 19.1. The smallest absolute Gasteiger partial charge is 0.347 e. The van der Waals surface area contributed by atoms with Crippen LogP contribution in [0.4, 0.5) is 14.5 Å². The molecule has 0 bridgehead atoms. The van der Waals surface area contributed by atoms with Crippen LogP contribution in [0.3, 0.4) is 0 Å². The summed E-state index contributed by atoms with van der Waals surface area (Å²) in [4.78, 5) is 4.44. The minimum Gasteiger partial charge on any atom is -0.618 e. The number of halogens is 3. The summed E-state index contributed by atoms with van der Waals surface area (Å²) in [6.45, 7) is -0.755. The molecule has 148 valence electrons. The van der Waals surface area contributed by atoms with E-state index in [1.807, 2.05) is 18.2 Å². The summed E-state index contributed by atoms with van der Waals surface area (Å²) in [5.74, 6) is -2.91. The van der Waals surface area contributed by atoms with Crippen molar-refractivity contribution in [3.8, 4) is 0 Å². The zero-order valence-corrected chi connectivity index (χ0v) is 15.9. The van der Waals surface area contributed by atoms with E-state index in [2.05, 4.69) is 10.3 Å². The number of fused-ring (bicyclic) bond motifs is 1. The maximum atomic E-state index is 14.5. The molecule has 0 aliphatic heterocycles. The normalized spacial score (nSPS) is 11.7. The maximum Gasteiger partial charge on any atom is 0.347 e. The summed E-state index contributed by atoms with van der Waals surface area (Å²) in [7, 11) is 0. The molecular formula is C21H16ClF2N3O2. The van der Waals surface area contributed by atoms with E-state index < -0.39 is 18.2 Å². The van der Waals surface area contributed by atoms with Gasteiger partial charge < -0.3 is 14.9 Å². The predicted molar refractivity (Wildman–Crippen MR) is 106 cm³/mol. The molecule has 2 aromatic carbocycles. The largest absolute Gasteiger partial charge is 0.618 e. The molecular weight excluding hydrogens is 400 g/mol. The molecule has 0 aliphatic carbocycles. The van der Waals surface area contributed by atoms with Crippen molar-refractivity contribution in [1.82, 2.24) is 4.98 Å². The van der Waals surface area contributed by atoms with Crippen LogP contribution in [0.15, 0.2) is 71.3 Å². The van der Waals surface area contributed by atoms with Gasteiger partial charge in [0.25, 0.3) is 5.69 Å². The zero-order valence-electron chi connectivity index (χ0n) is 15.1. The van der Waals surface area contributed by atoms with Gasteiger partial charge in [0.2, 0.25) is 0 Å². The minimum atomic E-state index is -3.36. The van der Waals surface area contributed by atoms with Crippen LogP contribution in [-0.2, 0) is 12.3 Å². The van der Waals surface area contributed by atoms with Crippen LogP contribution >= 0.6 is 11.6 Å². The molecule has 4 aromatic rings. The topological polar surface area (TPSA) is 65.0 Å². The number of para-hydroxylation sites is 1. The van der Waals surface area contributed by atoms with Gasteiger partial charge in [0, 0.05) is 23.6 Å². The van der Waals surface area contributed by atoms with Crippen molar-refractivity contribution in [2.24, 2.45) is 0 Å². The van der Waals surface area contributed by atoms with Crippen molar-refractivity contribution in [3.63, 3.8) is 0 Å². The zero-order chi connectivity index (χ0) is 20.4. The Morgan fingerprint density at radius 1 is 1.10 bits per heavy atom. The van der Waals surface area contributed by atoms with E-state index >= 15 is 0 Å². The van der Waals surface area contributed by atoms with E-state index in [1.54, 1.807) is 24.3 Å². The predicted octanol–water partition coefficient (Wildman–Crippen LogP) is 4.91. The summed E-state index contributed by atoms with van der Waals surface area (Å²) in [5.41, 5.74) is 1.63. The Balaban J connectivity index is 1.56. The quantitative estimate of drug-likeness (QED) is 0.359. The third kappa shape index (κ3) is 4.14. The van der Waals surface area contributed by atoms with Crippen LogP contribution in [0.25, 0.3) is 11.1 Å². The molecule has 0 atom stereocenters. The van der Waals surface area contributed by atoms with Gasteiger partial charge in [0.15, 0.2) is 17.7 Å². The molecule has 4 rings (SSSR count). The lowest BCUT2D eigenvalue weighted by molar-refractivity contribution is -0.624. The number of benzene rings is 2. The lowest BCUT2D eigenvalue weighted by Gasteiger charge is -2.16. The van der Waals surface area contributed by atoms with Crippen LogP contribution in [0.1, 0.15) is 17.1 Å². The molecule has 0 saturated heterocycles. The second-order valence-electron chi connectivity index (χ2n) is 6.54. The molecule has 0 saturated carbocycles. The van der Waals surface area contributed by atoms with Crippen LogP contribution in [0.5, 0.6) is 0 Å². The molecule has 2 aromatic heterocycles. The van der Waals surface area contributed by atoms with Gasteiger partial charge in [-0.3, -0.25) is 0 Å². The molecule has 8 heteroatoms. The molecule has 0 radical (unpaired) electrons. The van der Waals surface area contributed by atoms with Crippen molar-refractivity contribution < 1.29 is 17.9 Å². The summed E-state index contributed by atoms with van der Waals surface area (Å²) in [6, 6.07) is 16.3. The number of aromatic nitrogens is 2. The molecule has 5 nitrogen and oxygen atoms in total. The second-order valence-corrected chi connectivity index (χ2v) is 6.97. The Morgan fingerprint density at radius 2 is 1.93 bits per heavy atom. The van der Waals surface area contributed by atoms with Gasteiger partial charge in [-0.15, -0.1) is 0 Å². The van der Waals surface area contributed by atoms with Crippen LogP contribution < -0.4 is 10.0 Å². The Bertz CT molecular complexity index is 1160. The third-order valence-electron chi connectivity index (χ3n) is 4.41. The highest BCUT2D eigenvalue weighted by atomic mass is 35.5. The first-order valence-electron chi connectivity index (χ1n) is 8.86. The number of nitrogens with one attached hydrogen (secondary N) is 1. The molecule has 29 heavy (non-hydrogen) atoms. The molecule has 1 N–H and O–H groups in total. The molecule has 0 fully saturated rings. The average Bonchev–Trinajstić information content (AvgIpc) is 3.09. The van der Waals surface area contributed by atoms with Crippen molar-refractivity contribution in [2.75, 3.05) is 11.9 Å². The van der Waals surface area contributed by atoms with Crippen molar-refractivity contribution in [3.05, 3.63) is 94.2 Å². The van der Waals surface area contributed by atoms with Crippen LogP contribution in [0.2, 0.25) is 5.02 Å². The van der Waals surface area contributed by atoms with Gasteiger partial charge in [-0.1, -0.05) is 29.8 Å². The fourth-order valence-corrected chi connectivity index (χ4v) is 3.26. The van der Waals surface area contributed by atoms with Gasteiger partial charge in [0.05, 0.1) is 12.2 Å². The average molecular weight is 416 g/mol. The second kappa shape index (κ2) is 7.67. The number of rotatable bonds is 6. The Hall–Kier alpha value is -3.19. The fraction of sp³-hybridized carbons (Fsp3) is 0.143. The minimum absolute atomic E-state index is 0.168. The SMILES string of the molecule is [O-][n+]1ccccc1C(F)(F)CNc1cccc2oc(Cc3cccc(Cl)c3)nc12. The highest BCUT2D eigenvalue weighted by molar-refractivity contribution is 6.30. The van der Waals surface area contributed by atoms with Gasteiger partial charge in [-0.05, 0) is 35.9 Å². The summed E-state index contributed by atoms with van der Waals surface area (Å²) in [5, 5.41) is 15.0. The molecule has 0 unspecified atom stereocenters. The van der Waals surface area contributed by atoms with Crippen molar-refractivity contribution in [2.45, 2.75) is 12.3 Å². The van der Waals surface area contributed by atoms with E-state index in [1.165, 1.54) is 12.1 Å². The summed E-state index contributed by atoms with van der Waals surface area (Å²) < 4.78 is 34.9. The molecule has 0 aliphatic rings. The fourth-order valence-electron chi connectivity index (χ4n) is 3.04. The number of oxazole rings is 1. The van der Waals surface area contributed by atoms with Crippen molar-refractivity contribution >= 4 is 28.4 Å². The Labute approximate surface area is 170 Å². The highest BCUT2D eigenvalue weighted by Gasteiger charge is 2.39. The summed E-state index contributed by atoms with van der Waals surface area (Å²) >= 11 is 6.00. The third-order valence-corrected chi connectivity index (χ3v) is 4.64. The standard InChI is InChI=1S/C21H16ClF2N3O2/c22-15-6-3-5-14(11-15)12-19-26-20-16(7-4-8-17(20)29-19)25-13-21(23,24)18-9-1-2-10-27(18)28/h1-11,25H,12-13H2. The molecule has 0 amide bonds. The monoisotopic (exact) mass is 415 g/mol. The number of pyridine rings is 1. The van der Waals surface area contributed by atoms with Crippen LogP contribution in [0, 0.1) is 5.21 Å². The number of hydrogen-bond acceptors (Lipinski definition) is 4. The van der Waals surface area contributed by atoms with E-state index in [0.29, 0.717) is 34.1 Å².